The van der Waals surface area contributed by atoms with E-state index >= 15 is 0 Å². The summed E-state index contributed by atoms with van der Waals surface area (Å²) in [7, 11) is -4.19. The Balaban J connectivity index is 1.80. The summed E-state index contributed by atoms with van der Waals surface area (Å²) in [5, 5.41) is 3.36. The van der Waals surface area contributed by atoms with Crippen LogP contribution in [0.15, 0.2) is 119 Å². The summed E-state index contributed by atoms with van der Waals surface area (Å²) >= 11 is 9.77. The molecule has 0 saturated carbocycles. The van der Waals surface area contributed by atoms with Gasteiger partial charge in [-0.3, -0.25) is 13.9 Å². The van der Waals surface area contributed by atoms with E-state index in [-0.39, 0.29) is 35.5 Å². The number of halogens is 2. The van der Waals surface area contributed by atoms with E-state index in [0.29, 0.717) is 11.4 Å². The number of benzene rings is 4. The van der Waals surface area contributed by atoms with E-state index in [1.807, 2.05) is 68.4 Å². The molecule has 0 aromatic heterocycles. The molecule has 230 valence electrons. The van der Waals surface area contributed by atoms with Crippen molar-refractivity contribution >= 4 is 55.1 Å². The van der Waals surface area contributed by atoms with Crippen molar-refractivity contribution < 1.29 is 18.0 Å². The summed E-state index contributed by atoms with van der Waals surface area (Å²) in [5.41, 5.74) is 1.88. The van der Waals surface area contributed by atoms with Crippen LogP contribution in [0, 0.1) is 0 Å². The smallest absolute Gasteiger partial charge is 0.264 e. The second-order valence-electron chi connectivity index (χ2n) is 10.5. The van der Waals surface area contributed by atoms with E-state index in [0.717, 1.165) is 19.9 Å². The Bertz CT molecular complexity index is 1670. The molecule has 0 heterocycles. The van der Waals surface area contributed by atoms with Gasteiger partial charge in [-0.15, -0.1) is 0 Å². The minimum Gasteiger partial charge on any atom is -0.352 e. The van der Waals surface area contributed by atoms with Crippen LogP contribution >= 0.6 is 27.5 Å². The Morgan fingerprint density at radius 3 is 2.14 bits per heavy atom. The standard InChI is InChI=1S/C34H35BrClN3O4S/c1-3-25(2)37-34(41)32(21-26-12-6-4-7-13-26)38(23-27-14-10-15-28(35)20-27)33(40)24-39(30-17-11-16-29(36)22-30)44(42,43)31-18-8-5-9-19-31/h4-20,22,25,32H,3,21,23-24H2,1-2H3,(H,37,41)/t25-,32+/m1/s1. The van der Waals surface area contributed by atoms with Crippen LogP contribution in [0.4, 0.5) is 5.69 Å². The minimum absolute atomic E-state index is 0.0293. The number of sulfonamides is 1. The highest BCUT2D eigenvalue weighted by molar-refractivity contribution is 9.10. The zero-order valence-electron chi connectivity index (χ0n) is 24.6. The summed E-state index contributed by atoms with van der Waals surface area (Å²) in [5.74, 6) is -0.850. The molecular formula is C34H35BrClN3O4S. The van der Waals surface area contributed by atoms with Crippen molar-refractivity contribution in [3.63, 3.8) is 0 Å². The topological polar surface area (TPSA) is 86.8 Å². The fourth-order valence-corrected chi connectivity index (χ4v) is 6.76. The zero-order valence-corrected chi connectivity index (χ0v) is 27.7. The Morgan fingerprint density at radius 1 is 0.864 bits per heavy atom. The Labute approximate surface area is 273 Å². The third-order valence-electron chi connectivity index (χ3n) is 7.22. The molecule has 1 N–H and O–H groups in total. The van der Waals surface area contributed by atoms with Gasteiger partial charge in [-0.1, -0.05) is 101 Å². The average molecular weight is 697 g/mol. The predicted molar refractivity (Wildman–Crippen MR) is 179 cm³/mol. The van der Waals surface area contributed by atoms with Gasteiger partial charge < -0.3 is 10.2 Å². The molecule has 0 spiro atoms. The lowest BCUT2D eigenvalue weighted by molar-refractivity contribution is -0.140. The van der Waals surface area contributed by atoms with Gasteiger partial charge in [0.2, 0.25) is 11.8 Å². The first-order chi connectivity index (χ1) is 21.1. The second kappa shape index (κ2) is 15.4. The number of anilines is 1. The largest absolute Gasteiger partial charge is 0.352 e. The molecule has 0 fully saturated rings. The van der Waals surface area contributed by atoms with Gasteiger partial charge >= 0.3 is 0 Å². The molecule has 0 bridgehead atoms. The first-order valence-corrected chi connectivity index (χ1v) is 16.9. The molecule has 7 nitrogen and oxygen atoms in total. The molecule has 4 rings (SSSR count). The van der Waals surface area contributed by atoms with Crippen molar-refractivity contribution in [2.75, 3.05) is 10.8 Å². The van der Waals surface area contributed by atoms with E-state index in [9.17, 15) is 18.0 Å². The van der Waals surface area contributed by atoms with Gasteiger partial charge in [-0.25, -0.2) is 8.42 Å². The van der Waals surface area contributed by atoms with E-state index in [1.54, 1.807) is 36.4 Å². The molecule has 0 aliphatic heterocycles. The zero-order chi connectivity index (χ0) is 31.7. The number of amides is 2. The van der Waals surface area contributed by atoms with E-state index in [1.165, 1.54) is 23.1 Å². The fraction of sp³-hybridized carbons (Fsp3) is 0.235. The molecule has 10 heteroatoms. The minimum atomic E-state index is -4.19. The van der Waals surface area contributed by atoms with Crippen molar-refractivity contribution in [2.24, 2.45) is 0 Å². The van der Waals surface area contributed by atoms with Crippen LogP contribution in [-0.4, -0.2) is 43.8 Å². The average Bonchev–Trinajstić information content (AvgIpc) is 3.02. The molecule has 4 aromatic rings. The highest BCUT2D eigenvalue weighted by atomic mass is 79.9. The molecule has 0 aliphatic rings. The van der Waals surface area contributed by atoms with Crippen LogP contribution < -0.4 is 9.62 Å². The first kappa shape index (κ1) is 33.2. The van der Waals surface area contributed by atoms with Gasteiger partial charge in [0.05, 0.1) is 10.6 Å². The quantitative estimate of drug-likeness (QED) is 0.166. The molecule has 0 radical (unpaired) electrons. The molecular weight excluding hydrogens is 662 g/mol. The van der Waals surface area contributed by atoms with Gasteiger partial charge in [0, 0.05) is 28.5 Å². The maximum absolute atomic E-state index is 14.5. The lowest BCUT2D eigenvalue weighted by Crippen LogP contribution is -2.54. The number of hydrogen-bond acceptors (Lipinski definition) is 4. The van der Waals surface area contributed by atoms with Crippen LogP contribution in [-0.2, 0) is 32.6 Å². The Hall–Kier alpha value is -3.66. The molecule has 0 aliphatic carbocycles. The van der Waals surface area contributed by atoms with Crippen LogP contribution in [0.5, 0.6) is 0 Å². The van der Waals surface area contributed by atoms with Crippen molar-refractivity contribution in [1.29, 1.82) is 0 Å². The first-order valence-electron chi connectivity index (χ1n) is 14.3. The predicted octanol–water partition coefficient (Wildman–Crippen LogP) is 6.85. The van der Waals surface area contributed by atoms with Gasteiger partial charge in [-0.2, -0.15) is 0 Å². The molecule has 2 atom stereocenters. The van der Waals surface area contributed by atoms with Crippen LogP contribution in [0.3, 0.4) is 0 Å². The van der Waals surface area contributed by atoms with Crippen LogP contribution in [0.2, 0.25) is 5.02 Å². The fourth-order valence-electron chi connectivity index (χ4n) is 4.71. The van der Waals surface area contributed by atoms with E-state index < -0.39 is 28.5 Å². The lowest BCUT2D eigenvalue weighted by Gasteiger charge is -2.34. The van der Waals surface area contributed by atoms with Gasteiger partial charge in [0.15, 0.2) is 0 Å². The van der Waals surface area contributed by atoms with Crippen molar-refractivity contribution in [2.45, 2.75) is 50.2 Å². The van der Waals surface area contributed by atoms with E-state index in [4.69, 9.17) is 11.6 Å². The maximum Gasteiger partial charge on any atom is 0.264 e. The maximum atomic E-state index is 14.5. The molecule has 4 aromatic carbocycles. The van der Waals surface area contributed by atoms with Gasteiger partial charge in [0.1, 0.15) is 12.6 Å². The van der Waals surface area contributed by atoms with Crippen molar-refractivity contribution in [3.05, 3.63) is 130 Å². The third kappa shape index (κ3) is 8.71. The summed E-state index contributed by atoms with van der Waals surface area (Å²) in [4.78, 5) is 29.8. The Kier molecular flexibility index (Phi) is 11.6. The summed E-state index contributed by atoms with van der Waals surface area (Å²) in [6, 6.07) is 30.2. The van der Waals surface area contributed by atoms with Crippen LogP contribution in [0.25, 0.3) is 0 Å². The lowest BCUT2D eigenvalue weighted by atomic mass is 10.0. The third-order valence-corrected chi connectivity index (χ3v) is 9.74. The van der Waals surface area contributed by atoms with E-state index in [2.05, 4.69) is 21.2 Å². The highest BCUT2D eigenvalue weighted by Crippen LogP contribution is 2.27. The Morgan fingerprint density at radius 2 is 1.50 bits per heavy atom. The summed E-state index contributed by atoms with van der Waals surface area (Å²) in [6.07, 6.45) is 0.951. The van der Waals surface area contributed by atoms with Crippen LogP contribution in [0.1, 0.15) is 31.4 Å². The van der Waals surface area contributed by atoms with Gasteiger partial charge in [-0.05, 0) is 66.9 Å². The highest BCUT2D eigenvalue weighted by Gasteiger charge is 2.35. The molecule has 0 saturated heterocycles. The monoisotopic (exact) mass is 695 g/mol. The molecule has 2 amide bonds. The summed E-state index contributed by atoms with van der Waals surface area (Å²) in [6.45, 7) is 3.41. The van der Waals surface area contributed by atoms with Gasteiger partial charge in [0.25, 0.3) is 10.0 Å². The SMILES string of the molecule is CC[C@@H](C)NC(=O)[C@H](Cc1ccccc1)N(Cc1cccc(Br)c1)C(=O)CN(c1cccc(Cl)c1)S(=O)(=O)c1ccccc1. The molecule has 0 unspecified atom stereocenters. The summed E-state index contributed by atoms with van der Waals surface area (Å²) < 4.78 is 29.9. The normalized spacial score (nSPS) is 12.6. The number of hydrogen-bond donors (Lipinski definition) is 1. The van der Waals surface area contributed by atoms with Crippen molar-refractivity contribution in [1.82, 2.24) is 10.2 Å². The van der Waals surface area contributed by atoms with Crippen molar-refractivity contribution in [3.8, 4) is 0 Å². The number of rotatable bonds is 13. The number of carbonyl (C=O) groups excluding carboxylic acids is 2. The number of nitrogens with one attached hydrogen (secondary N) is 1. The second-order valence-corrected chi connectivity index (χ2v) is 13.7. The molecule has 44 heavy (non-hydrogen) atoms. The number of nitrogens with zero attached hydrogens (tertiary/aromatic N) is 2. The number of carbonyl (C=O) groups is 2.